The molecule has 0 aromatic rings. The maximum Gasteiger partial charge on any atom is 0.225 e. The Morgan fingerprint density at radius 1 is 1.19 bits per heavy atom. The predicted molar refractivity (Wildman–Crippen MR) is 84.6 cm³/mol. The molecule has 0 radical (unpaired) electrons. The summed E-state index contributed by atoms with van der Waals surface area (Å²) in [4.78, 5) is 23.6. The van der Waals surface area contributed by atoms with Gasteiger partial charge in [-0.25, -0.2) is 0 Å². The molecular formula is C16H31N3O2. The highest BCUT2D eigenvalue weighted by Crippen LogP contribution is 2.23. The highest BCUT2D eigenvalue weighted by atomic mass is 16.2. The van der Waals surface area contributed by atoms with Crippen LogP contribution in [0, 0.1) is 11.3 Å². The van der Waals surface area contributed by atoms with Gasteiger partial charge in [-0.3, -0.25) is 9.59 Å². The van der Waals surface area contributed by atoms with Crippen LogP contribution in [0.1, 0.15) is 59.3 Å². The van der Waals surface area contributed by atoms with Gasteiger partial charge < -0.3 is 16.4 Å². The molecule has 0 heterocycles. The summed E-state index contributed by atoms with van der Waals surface area (Å²) in [5.74, 6) is 0.520. The molecule has 1 saturated carbocycles. The summed E-state index contributed by atoms with van der Waals surface area (Å²) >= 11 is 0. The van der Waals surface area contributed by atoms with Crippen molar-refractivity contribution in [3.8, 4) is 0 Å². The number of nitrogens with two attached hydrogens (primary N) is 1. The predicted octanol–water partition coefficient (Wildman–Crippen LogP) is 1.56. The molecule has 5 nitrogen and oxygen atoms in total. The number of carbonyl (C=O) groups is 2. The molecule has 1 aliphatic carbocycles. The SMILES string of the molecule is CC(C)(C)C(=O)NCCCC(=O)NC1CCCCC1CN. The number of carbonyl (C=O) groups excluding carboxylic acids is 2. The number of hydrogen-bond donors (Lipinski definition) is 3. The fourth-order valence-corrected chi connectivity index (χ4v) is 2.67. The lowest BCUT2D eigenvalue weighted by Crippen LogP contribution is -2.44. The van der Waals surface area contributed by atoms with Gasteiger partial charge in [0.05, 0.1) is 0 Å². The lowest BCUT2D eigenvalue weighted by atomic mass is 9.84. The van der Waals surface area contributed by atoms with E-state index in [1.165, 1.54) is 12.8 Å². The van der Waals surface area contributed by atoms with E-state index in [0.29, 0.717) is 31.8 Å². The molecule has 1 fully saturated rings. The summed E-state index contributed by atoms with van der Waals surface area (Å²) in [6.07, 6.45) is 5.67. The summed E-state index contributed by atoms with van der Waals surface area (Å²) in [5.41, 5.74) is 5.39. The summed E-state index contributed by atoms with van der Waals surface area (Å²) in [5, 5.41) is 5.97. The van der Waals surface area contributed by atoms with Crippen molar-refractivity contribution < 1.29 is 9.59 Å². The molecule has 2 amide bonds. The van der Waals surface area contributed by atoms with Crippen molar-refractivity contribution in [3.05, 3.63) is 0 Å². The van der Waals surface area contributed by atoms with Crippen LogP contribution in [0.4, 0.5) is 0 Å². The largest absolute Gasteiger partial charge is 0.356 e. The molecule has 0 aromatic carbocycles. The number of rotatable bonds is 6. The zero-order valence-corrected chi connectivity index (χ0v) is 13.7. The quantitative estimate of drug-likeness (QED) is 0.651. The van der Waals surface area contributed by atoms with Gasteiger partial charge in [0.1, 0.15) is 0 Å². The van der Waals surface area contributed by atoms with Gasteiger partial charge in [0.15, 0.2) is 0 Å². The molecule has 0 aliphatic heterocycles. The molecule has 5 heteroatoms. The molecule has 1 aliphatic rings. The molecule has 2 atom stereocenters. The van der Waals surface area contributed by atoms with Crippen LogP contribution in [-0.4, -0.2) is 30.9 Å². The van der Waals surface area contributed by atoms with E-state index in [1.807, 2.05) is 20.8 Å². The fraction of sp³-hybridized carbons (Fsp3) is 0.875. The molecular weight excluding hydrogens is 266 g/mol. The Labute approximate surface area is 128 Å². The van der Waals surface area contributed by atoms with Crippen LogP contribution in [0.15, 0.2) is 0 Å². The van der Waals surface area contributed by atoms with E-state index in [4.69, 9.17) is 5.73 Å². The van der Waals surface area contributed by atoms with E-state index in [0.717, 1.165) is 12.8 Å². The van der Waals surface area contributed by atoms with Crippen molar-refractivity contribution in [1.82, 2.24) is 10.6 Å². The lowest BCUT2D eigenvalue weighted by Gasteiger charge is -2.31. The van der Waals surface area contributed by atoms with Gasteiger partial charge in [-0.05, 0) is 31.7 Å². The first-order valence-corrected chi connectivity index (χ1v) is 8.12. The maximum atomic E-state index is 11.9. The van der Waals surface area contributed by atoms with Crippen molar-refractivity contribution in [2.24, 2.45) is 17.1 Å². The molecule has 21 heavy (non-hydrogen) atoms. The summed E-state index contributed by atoms with van der Waals surface area (Å²) < 4.78 is 0. The third-order valence-corrected chi connectivity index (χ3v) is 4.11. The molecule has 0 aromatic heterocycles. The van der Waals surface area contributed by atoms with Crippen LogP contribution >= 0.6 is 0 Å². The van der Waals surface area contributed by atoms with Gasteiger partial charge >= 0.3 is 0 Å². The molecule has 1 rings (SSSR count). The minimum absolute atomic E-state index is 0.0263. The van der Waals surface area contributed by atoms with Crippen LogP contribution < -0.4 is 16.4 Å². The number of amides is 2. The Balaban J connectivity index is 2.20. The Kier molecular flexibility index (Phi) is 7.15. The molecule has 2 unspecified atom stereocenters. The average molecular weight is 297 g/mol. The Morgan fingerprint density at radius 2 is 1.86 bits per heavy atom. The second-order valence-electron chi connectivity index (χ2n) is 7.06. The van der Waals surface area contributed by atoms with Crippen LogP contribution in [0.25, 0.3) is 0 Å². The minimum atomic E-state index is -0.376. The van der Waals surface area contributed by atoms with Gasteiger partial charge in [-0.2, -0.15) is 0 Å². The third kappa shape index (κ3) is 6.46. The minimum Gasteiger partial charge on any atom is -0.356 e. The van der Waals surface area contributed by atoms with Crippen molar-refractivity contribution >= 4 is 11.8 Å². The van der Waals surface area contributed by atoms with Crippen LogP contribution in [0.3, 0.4) is 0 Å². The van der Waals surface area contributed by atoms with E-state index in [2.05, 4.69) is 10.6 Å². The average Bonchev–Trinajstić information content (AvgIpc) is 2.43. The molecule has 4 N–H and O–H groups in total. The molecule has 0 bridgehead atoms. The number of hydrogen-bond acceptors (Lipinski definition) is 3. The topological polar surface area (TPSA) is 84.2 Å². The second-order valence-corrected chi connectivity index (χ2v) is 7.06. The smallest absolute Gasteiger partial charge is 0.225 e. The van der Waals surface area contributed by atoms with E-state index in [9.17, 15) is 9.59 Å². The summed E-state index contributed by atoms with van der Waals surface area (Å²) in [6.45, 7) is 6.84. The van der Waals surface area contributed by atoms with Crippen LogP contribution in [0.2, 0.25) is 0 Å². The van der Waals surface area contributed by atoms with E-state index < -0.39 is 0 Å². The van der Waals surface area contributed by atoms with Crippen LogP contribution in [0.5, 0.6) is 0 Å². The van der Waals surface area contributed by atoms with E-state index >= 15 is 0 Å². The highest BCUT2D eigenvalue weighted by molar-refractivity contribution is 5.81. The highest BCUT2D eigenvalue weighted by Gasteiger charge is 2.25. The van der Waals surface area contributed by atoms with Crippen molar-refractivity contribution in [2.75, 3.05) is 13.1 Å². The third-order valence-electron chi connectivity index (χ3n) is 4.11. The van der Waals surface area contributed by atoms with Crippen molar-refractivity contribution in [3.63, 3.8) is 0 Å². The van der Waals surface area contributed by atoms with Gasteiger partial charge in [0, 0.05) is 24.4 Å². The van der Waals surface area contributed by atoms with Crippen molar-refractivity contribution in [2.45, 2.75) is 65.3 Å². The van der Waals surface area contributed by atoms with E-state index in [-0.39, 0.29) is 23.3 Å². The second kappa shape index (κ2) is 8.37. The first kappa shape index (κ1) is 18.0. The van der Waals surface area contributed by atoms with E-state index in [1.54, 1.807) is 0 Å². The first-order chi connectivity index (χ1) is 9.84. The lowest BCUT2D eigenvalue weighted by molar-refractivity contribution is -0.128. The van der Waals surface area contributed by atoms with Gasteiger partial charge in [-0.15, -0.1) is 0 Å². The van der Waals surface area contributed by atoms with Gasteiger partial charge in [0.25, 0.3) is 0 Å². The zero-order valence-electron chi connectivity index (χ0n) is 13.7. The molecule has 0 saturated heterocycles. The standard InChI is InChI=1S/C16H31N3O2/c1-16(2,3)15(21)18-10-6-9-14(20)19-13-8-5-4-7-12(13)11-17/h12-13H,4-11,17H2,1-3H3,(H,18,21)(H,19,20). The Morgan fingerprint density at radius 3 is 2.48 bits per heavy atom. The summed E-state index contributed by atoms with van der Waals surface area (Å²) in [6, 6.07) is 0.236. The Hall–Kier alpha value is -1.10. The monoisotopic (exact) mass is 297 g/mol. The zero-order chi connectivity index (χ0) is 15.9. The summed E-state index contributed by atoms with van der Waals surface area (Å²) in [7, 11) is 0. The van der Waals surface area contributed by atoms with Gasteiger partial charge in [-0.1, -0.05) is 33.6 Å². The molecule has 122 valence electrons. The molecule has 0 spiro atoms. The number of nitrogens with one attached hydrogen (secondary N) is 2. The normalized spacial score (nSPS) is 22.7. The first-order valence-electron chi connectivity index (χ1n) is 8.12. The van der Waals surface area contributed by atoms with Crippen LogP contribution in [-0.2, 0) is 9.59 Å². The fourth-order valence-electron chi connectivity index (χ4n) is 2.67. The van der Waals surface area contributed by atoms with Crippen molar-refractivity contribution in [1.29, 1.82) is 0 Å². The van der Waals surface area contributed by atoms with Gasteiger partial charge in [0.2, 0.25) is 11.8 Å². The Bertz CT molecular complexity index is 350. The maximum absolute atomic E-state index is 11.9.